The molecule has 36 heavy (non-hydrogen) atoms. The minimum absolute atomic E-state index is 0.0241. The van der Waals surface area contributed by atoms with Gasteiger partial charge < -0.3 is 10.1 Å². The zero-order chi connectivity index (χ0) is 25.7. The number of nitrogens with one attached hydrogen (secondary N) is 1. The first-order valence-electron chi connectivity index (χ1n) is 11.5. The fourth-order valence-corrected chi connectivity index (χ4v) is 5.79. The number of amides is 1. The van der Waals surface area contributed by atoms with Gasteiger partial charge in [-0.05, 0) is 49.2 Å². The molecule has 4 rings (SSSR count). The number of halogens is 1. The number of rotatable bonds is 8. The average molecular weight is 525 g/mol. The molecule has 0 aliphatic carbocycles. The molecule has 1 unspecified atom stereocenters. The van der Waals surface area contributed by atoms with Crippen molar-refractivity contribution in [2.75, 3.05) is 18.1 Å². The molecule has 0 bridgehead atoms. The Labute approximate surface area is 215 Å². The van der Waals surface area contributed by atoms with Crippen LogP contribution >= 0.6 is 11.6 Å². The van der Waals surface area contributed by atoms with Gasteiger partial charge in [0.05, 0.1) is 28.8 Å². The second-order valence-electron chi connectivity index (χ2n) is 8.45. The number of hydrogen-bond acceptors (Lipinski definition) is 6. The van der Waals surface area contributed by atoms with Gasteiger partial charge in [-0.15, -0.1) is 0 Å². The SMILES string of the molecule is CCCOc1ccc(-c2nn(-c3ccccc3)cc2/C=C(/C#N)C(=O)NC2CCS(=O)(=O)C2)cc1Cl. The van der Waals surface area contributed by atoms with Crippen molar-refractivity contribution < 1.29 is 17.9 Å². The van der Waals surface area contributed by atoms with E-state index in [0.717, 1.165) is 12.1 Å². The van der Waals surface area contributed by atoms with Gasteiger partial charge in [-0.3, -0.25) is 4.79 Å². The van der Waals surface area contributed by atoms with Gasteiger partial charge in [0.2, 0.25) is 0 Å². The van der Waals surface area contributed by atoms with Crippen molar-refractivity contribution in [2.24, 2.45) is 0 Å². The normalized spacial score (nSPS) is 16.9. The summed E-state index contributed by atoms with van der Waals surface area (Å²) in [6.45, 7) is 2.55. The van der Waals surface area contributed by atoms with Crippen molar-refractivity contribution in [3.63, 3.8) is 0 Å². The van der Waals surface area contributed by atoms with Crippen LogP contribution in [0.5, 0.6) is 5.75 Å². The van der Waals surface area contributed by atoms with E-state index in [1.165, 1.54) is 6.08 Å². The zero-order valence-corrected chi connectivity index (χ0v) is 21.2. The van der Waals surface area contributed by atoms with Crippen LogP contribution in [0.2, 0.25) is 5.02 Å². The van der Waals surface area contributed by atoms with Crippen LogP contribution in [0.25, 0.3) is 23.0 Å². The molecule has 3 aromatic rings. The highest BCUT2D eigenvalue weighted by molar-refractivity contribution is 7.91. The third-order valence-corrected chi connectivity index (χ3v) is 7.73. The summed E-state index contributed by atoms with van der Waals surface area (Å²) in [4.78, 5) is 12.8. The highest BCUT2D eigenvalue weighted by Crippen LogP contribution is 2.33. The Morgan fingerprint density at radius 3 is 2.72 bits per heavy atom. The molecule has 1 saturated heterocycles. The lowest BCUT2D eigenvalue weighted by atomic mass is 10.1. The number of hydrogen-bond donors (Lipinski definition) is 1. The molecule has 0 saturated carbocycles. The lowest BCUT2D eigenvalue weighted by Gasteiger charge is -2.10. The van der Waals surface area contributed by atoms with Gasteiger partial charge in [0, 0.05) is 23.4 Å². The Balaban J connectivity index is 1.71. The van der Waals surface area contributed by atoms with Crippen molar-refractivity contribution in [3.8, 4) is 28.8 Å². The average Bonchev–Trinajstić information content (AvgIpc) is 3.44. The number of nitriles is 1. The Bertz CT molecular complexity index is 1440. The lowest BCUT2D eigenvalue weighted by Crippen LogP contribution is -2.36. The first kappa shape index (κ1) is 25.5. The van der Waals surface area contributed by atoms with Crippen LogP contribution in [0, 0.1) is 11.3 Å². The summed E-state index contributed by atoms with van der Waals surface area (Å²) in [5.74, 6) is -0.166. The number of aromatic nitrogens is 2. The smallest absolute Gasteiger partial charge is 0.262 e. The maximum absolute atomic E-state index is 12.8. The van der Waals surface area contributed by atoms with Crippen molar-refractivity contribution in [1.29, 1.82) is 5.26 Å². The van der Waals surface area contributed by atoms with Gasteiger partial charge in [0.15, 0.2) is 9.84 Å². The van der Waals surface area contributed by atoms with Crippen LogP contribution < -0.4 is 10.1 Å². The maximum atomic E-state index is 12.8. The molecule has 186 valence electrons. The molecule has 10 heteroatoms. The fourth-order valence-electron chi connectivity index (χ4n) is 3.88. The number of carbonyl (C=O) groups excluding carboxylic acids is 1. The maximum Gasteiger partial charge on any atom is 0.262 e. The predicted octanol–water partition coefficient (Wildman–Crippen LogP) is 4.19. The molecule has 8 nitrogen and oxygen atoms in total. The van der Waals surface area contributed by atoms with Gasteiger partial charge in [0.25, 0.3) is 5.91 Å². The van der Waals surface area contributed by atoms with E-state index in [9.17, 15) is 18.5 Å². The molecule has 1 atom stereocenters. The summed E-state index contributed by atoms with van der Waals surface area (Å²) in [7, 11) is -3.17. The molecule has 1 aromatic heterocycles. The van der Waals surface area contributed by atoms with Crippen molar-refractivity contribution in [2.45, 2.75) is 25.8 Å². The molecule has 2 heterocycles. The Morgan fingerprint density at radius 1 is 1.31 bits per heavy atom. The largest absolute Gasteiger partial charge is 0.492 e. The number of benzene rings is 2. The monoisotopic (exact) mass is 524 g/mol. The summed E-state index contributed by atoms with van der Waals surface area (Å²) in [5, 5.41) is 17.5. The Hall–Kier alpha value is -3.61. The second-order valence-corrected chi connectivity index (χ2v) is 11.1. The van der Waals surface area contributed by atoms with Gasteiger partial charge in [-0.2, -0.15) is 10.4 Å². The number of nitrogens with zero attached hydrogens (tertiary/aromatic N) is 3. The predicted molar refractivity (Wildman–Crippen MR) is 139 cm³/mol. The van der Waals surface area contributed by atoms with Gasteiger partial charge >= 0.3 is 0 Å². The van der Waals surface area contributed by atoms with E-state index in [1.54, 1.807) is 23.0 Å². The third kappa shape index (κ3) is 5.96. The molecule has 1 amide bonds. The first-order valence-corrected chi connectivity index (χ1v) is 13.7. The highest BCUT2D eigenvalue weighted by Gasteiger charge is 2.29. The quantitative estimate of drug-likeness (QED) is 0.349. The van der Waals surface area contributed by atoms with Crippen molar-refractivity contribution in [1.82, 2.24) is 15.1 Å². The van der Waals surface area contributed by atoms with Crippen LogP contribution in [0.1, 0.15) is 25.3 Å². The number of carbonyl (C=O) groups is 1. The van der Waals surface area contributed by atoms with Crippen molar-refractivity contribution in [3.05, 3.63) is 70.9 Å². The molecule has 1 N–H and O–H groups in total. The number of ether oxygens (including phenoxy) is 1. The van der Waals surface area contributed by atoms with E-state index in [-0.39, 0.29) is 17.1 Å². The standard InChI is InChI=1S/C26H25ClN4O4S/c1-2-11-35-24-9-8-18(14-23(24)27)25-20(16-31(30-25)22-6-4-3-5-7-22)13-19(15-28)26(32)29-21-10-12-36(33,34)17-21/h3-9,13-14,16,21H,2,10-12,17H2,1H3,(H,29,32)/b19-13-. The molecular formula is C26H25ClN4O4S. The van der Waals surface area contributed by atoms with E-state index >= 15 is 0 Å². The molecule has 2 aromatic carbocycles. The number of para-hydroxylation sites is 1. The summed E-state index contributed by atoms with van der Waals surface area (Å²) in [6, 6.07) is 16.2. The van der Waals surface area contributed by atoms with Gasteiger partial charge in [-0.1, -0.05) is 36.7 Å². The first-order chi connectivity index (χ1) is 17.3. The highest BCUT2D eigenvalue weighted by atomic mass is 35.5. The molecule has 1 aliphatic heterocycles. The van der Waals surface area contributed by atoms with Crippen LogP contribution in [0.4, 0.5) is 0 Å². The topological polar surface area (TPSA) is 114 Å². The third-order valence-electron chi connectivity index (χ3n) is 5.66. The van der Waals surface area contributed by atoms with E-state index in [0.29, 0.717) is 40.6 Å². The molecule has 1 fully saturated rings. The van der Waals surface area contributed by atoms with Crippen LogP contribution in [-0.2, 0) is 14.6 Å². The summed E-state index contributed by atoms with van der Waals surface area (Å²) in [5.41, 5.74) is 2.38. The summed E-state index contributed by atoms with van der Waals surface area (Å²) < 4.78 is 30.8. The van der Waals surface area contributed by atoms with Crippen LogP contribution in [0.3, 0.4) is 0 Å². The summed E-state index contributed by atoms with van der Waals surface area (Å²) in [6.07, 6.45) is 4.36. The van der Waals surface area contributed by atoms with E-state index in [4.69, 9.17) is 21.4 Å². The molecule has 0 spiro atoms. The lowest BCUT2D eigenvalue weighted by molar-refractivity contribution is -0.117. The Kier molecular flexibility index (Phi) is 7.77. The fraction of sp³-hybridized carbons (Fsp3) is 0.269. The molecular weight excluding hydrogens is 500 g/mol. The Morgan fingerprint density at radius 2 is 2.08 bits per heavy atom. The van der Waals surface area contributed by atoms with Crippen LogP contribution in [0.15, 0.2) is 60.3 Å². The second kappa shape index (κ2) is 11.0. The minimum Gasteiger partial charge on any atom is -0.492 e. The minimum atomic E-state index is -3.17. The van der Waals surface area contributed by atoms with E-state index in [1.807, 2.05) is 49.4 Å². The van der Waals surface area contributed by atoms with Gasteiger partial charge in [-0.25, -0.2) is 13.1 Å². The van der Waals surface area contributed by atoms with E-state index in [2.05, 4.69) is 5.32 Å². The molecule has 1 aliphatic rings. The zero-order valence-electron chi connectivity index (χ0n) is 19.6. The van der Waals surface area contributed by atoms with Crippen molar-refractivity contribution >= 4 is 33.4 Å². The molecule has 0 radical (unpaired) electrons. The van der Waals surface area contributed by atoms with Crippen LogP contribution in [-0.4, -0.2) is 48.3 Å². The van der Waals surface area contributed by atoms with E-state index < -0.39 is 21.8 Å². The summed E-state index contributed by atoms with van der Waals surface area (Å²) >= 11 is 6.45. The number of sulfone groups is 1. The van der Waals surface area contributed by atoms with Gasteiger partial charge in [0.1, 0.15) is 23.1 Å².